The maximum atomic E-state index is 12.1. The van der Waals surface area contributed by atoms with Gasteiger partial charge >= 0.3 is 0 Å². The summed E-state index contributed by atoms with van der Waals surface area (Å²) < 4.78 is 18.0. The third-order valence-corrected chi connectivity index (χ3v) is 3.52. The van der Waals surface area contributed by atoms with Crippen molar-refractivity contribution in [2.75, 3.05) is 6.61 Å². The standard InChI is InChI=1S/C9H15BNO3S/c1-5-7(14-15-10)6-4-13-9(2,3)11(6)8(5)12/h5-7,10H,4H2,1-3H3/t5-,6-,7+/m0/s1/i10T. The zero-order valence-electron chi connectivity index (χ0n) is 10.1. The quantitative estimate of drug-likeness (QED) is 0.521. The summed E-state index contributed by atoms with van der Waals surface area (Å²) in [5, 5.41) is 0. The number of hydrogen-bond donors (Lipinski definition) is 0. The molecule has 0 aliphatic carbocycles. The van der Waals surface area contributed by atoms with E-state index in [4.69, 9.17) is 10.3 Å². The first kappa shape index (κ1) is 9.99. The van der Waals surface area contributed by atoms with E-state index in [-0.39, 0.29) is 24.0 Å². The zero-order chi connectivity index (χ0) is 11.9. The van der Waals surface area contributed by atoms with Gasteiger partial charge in [0, 0.05) is 0 Å². The first-order valence-electron chi connectivity index (χ1n) is 5.56. The third kappa shape index (κ3) is 1.59. The predicted molar refractivity (Wildman–Crippen MR) is 59.4 cm³/mol. The number of fused-ring (bicyclic) bond motifs is 1. The molecule has 0 spiro atoms. The predicted octanol–water partition coefficient (Wildman–Crippen LogP) is 0.449. The topological polar surface area (TPSA) is 38.8 Å². The van der Waals surface area contributed by atoms with Crippen LogP contribution in [0.25, 0.3) is 0 Å². The number of amides is 1. The van der Waals surface area contributed by atoms with Crippen LogP contribution in [0.15, 0.2) is 0 Å². The van der Waals surface area contributed by atoms with Crippen molar-refractivity contribution in [2.24, 2.45) is 5.92 Å². The molecular weight excluding hydrogens is 213 g/mol. The Labute approximate surface area is 96.5 Å². The molecule has 4 nitrogen and oxygen atoms in total. The van der Waals surface area contributed by atoms with Crippen molar-refractivity contribution < 1.29 is 13.7 Å². The Kier molecular flexibility index (Phi) is 2.45. The molecule has 2 aliphatic heterocycles. The van der Waals surface area contributed by atoms with Crippen LogP contribution in [0, 0.1) is 5.92 Å². The molecule has 0 unspecified atom stereocenters. The second kappa shape index (κ2) is 3.68. The molecule has 1 radical (unpaired) electrons. The van der Waals surface area contributed by atoms with Crippen molar-refractivity contribution in [3.05, 3.63) is 0 Å². The Morgan fingerprint density at radius 1 is 1.80 bits per heavy atom. The van der Waals surface area contributed by atoms with Crippen LogP contribution >= 0.6 is 11.9 Å². The maximum Gasteiger partial charge on any atom is 0.230 e. The van der Waals surface area contributed by atoms with Gasteiger partial charge in [0.25, 0.3) is 0 Å². The summed E-state index contributed by atoms with van der Waals surface area (Å²) in [7, 11) is 1.13. The fraction of sp³-hybridized carbons (Fsp3) is 0.889. The van der Waals surface area contributed by atoms with E-state index in [9.17, 15) is 4.79 Å². The summed E-state index contributed by atoms with van der Waals surface area (Å²) in [6.45, 7) is 6.16. The van der Waals surface area contributed by atoms with E-state index < -0.39 is 5.72 Å². The lowest BCUT2D eigenvalue weighted by atomic mass is 10.0. The van der Waals surface area contributed by atoms with Crippen LogP contribution < -0.4 is 0 Å². The Balaban J connectivity index is 2.16. The molecule has 0 N–H and O–H groups in total. The van der Waals surface area contributed by atoms with E-state index in [0.717, 1.165) is 19.0 Å². The van der Waals surface area contributed by atoms with Crippen LogP contribution in [0.2, 0.25) is 0 Å². The van der Waals surface area contributed by atoms with E-state index in [2.05, 4.69) is 0 Å². The zero-order valence-corrected chi connectivity index (χ0v) is 9.91. The SMILES string of the molecule is [3H][B]SO[C@@H]1[C@H](C)C(=O)N2[C@H]1COC2(C)C. The van der Waals surface area contributed by atoms with Gasteiger partial charge in [0.1, 0.15) is 11.8 Å². The lowest BCUT2D eigenvalue weighted by Gasteiger charge is -2.29. The summed E-state index contributed by atoms with van der Waals surface area (Å²) in [5.41, 5.74) is -0.538. The molecule has 2 fully saturated rings. The van der Waals surface area contributed by atoms with E-state index in [1.165, 1.54) is 0 Å². The van der Waals surface area contributed by atoms with Gasteiger partial charge in [-0.15, -0.1) is 0 Å². The number of nitrogens with zero attached hydrogens (tertiary/aromatic N) is 1. The average Bonchev–Trinajstić information content (AvgIpc) is 2.65. The molecule has 3 atom stereocenters. The number of ether oxygens (including phenoxy) is 1. The van der Waals surface area contributed by atoms with Crippen LogP contribution in [0.1, 0.15) is 20.8 Å². The van der Waals surface area contributed by atoms with Crippen molar-refractivity contribution >= 4 is 24.9 Å². The van der Waals surface area contributed by atoms with Crippen LogP contribution in [0.4, 0.5) is 0 Å². The van der Waals surface area contributed by atoms with Crippen LogP contribution in [-0.2, 0) is 13.7 Å². The van der Waals surface area contributed by atoms with Gasteiger partial charge in [-0.05, 0) is 15.2 Å². The smallest absolute Gasteiger partial charge is 0.230 e. The van der Waals surface area contributed by atoms with Gasteiger partial charge in [-0.1, -0.05) is 18.8 Å². The van der Waals surface area contributed by atoms with Crippen LogP contribution in [0.5, 0.6) is 0 Å². The molecule has 83 valence electrons. The number of rotatable bonds is 3. The molecule has 0 aromatic carbocycles. The minimum absolute atomic E-state index is 0.0232. The highest BCUT2D eigenvalue weighted by Gasteiger charge is 2.56. The summed E-state index contributed by atoms with van der Waals surface area (Å²) in [4.78, 5) is 13.8. The first-order valence-corrected chi connectivity index (χ1v) is 5.79. The maximum absolute atomic E-state index is 12.1. The van der Waals surface area contributed by atoms with E-state index in [1.807, 2.05) is 20.8 Å². The molecule has 1 amide bonds. The molecule has 0 bridgehead atoms. The molecule has 2 saturated heterocycles. The van der Waals surface area contributed by atoms with Gasteiger partial charge < -0.3 is 13.8 Å². The number of hydrogen-bond acceptors (Lipinski definition) is 4. The Hall–Kier alpha value is -0.195. The molecule has 2 aliphatic rings. The van der Waals surface area contributed by atoms with Gasteiger partial charge in [-0.25, -0.2) is 0 Å². The number of carbonyl (C=O) groups is 1. The normalized spacial score (nSPS) is 39.1. The van der Waals surface area contributed by atoms with Crippen molar-refractivity contribution in [3.63, 3.8) is 0 Å². The van der Waals surface area contributed by atoms with E-state index in [1.54, 1.807) is 4.90 Å². The fourth-order valence-corrected chi connectivity index (χ4v) is 2.83. The van der Waals surface area contributed by atoms with E-state index in [0.29, 0.717) is 6.61 Å². The highest BCUT2D eigenvalue weighted by molar-refractivity contribution is 8.15. The van der Waals surface area contributed by atoms with Crippen molar-refractivity contribution in [3.8, 4) is 0 Å². The minimum Gasteiger partial charge on any atom is -0.354 e. The Morgan fingerprint density at radius 3 is 3.20 bits per heavy atom. The lowest BCUT2D eigenvalue weighted by molar-refractivity contribution is -0.144. The summed E-state index contributed by atoms with van der Waals surface area (Å²) in [6.07, 6.45) is -0.194. The van der Waals surface area contributed by atoms with Gasteiger partial charge in [0.05, 0.1) is 18.6 Å². The van der Waals surface area contributed by atoms with E-state index >= 15 is 0 Å². The summed E-state index contributed by atoms with van der Waals surface area (Å²) >= 11 is 0.967. The van der Waals surface area contributed by atoms with Gasteiger partial charge in [0.2, 0.25) is 13.0 Å². The van der Waals surface area contributed by atoms with Crippen LogP contribution in [0.3, 0.4) is 0 Å². The first-order chi connectivity index (χ1) is 7.49. The van der Waals surface area contributed by atoms with Crippen molar-refractivity contribution in [2.45, 2.75) is 38.6 Å². The molecule has 15 heavy (non-hydrogen) atoms. The van der Waals surface area contributed by atoms with Crippen LogP contribution in [-0.4, -0.2) is 43.7 Å². The molecule has 0 aromatic heterocycles. The highest BCUT2D eigenvalue weighted by atomic mass is 32.2. The average molecular weight is 230 g/mol. The largest absolute Gasteiger partial charge is 0.354 e. The van der Waals surface area contributed by atoms with Crippen molar-refractivity contribution in [1.29, 1.82) is 1.34 Å². The van der Waals surface area contributed by atoms with Crippen molar-refractivity contribution in [1.82, 2.24) is 4.90 Å². The number of carbonyl (C=O) groups excluding carboxylic acids is 1. The summed E-state index contributed by atoms with van der Waals surface area (Å²) in [5.74, 6) is -0.0938. The van der Waals surface area contributed by atoms with Gasteiger partial charge in [-0.2, -0.15) is 0 Å². The Bertz CT molecular complexity index is 304. The molecular formula is C9H15BNO3S. The Morgan fingerprint density at radius 2 is 2.53 bits per heavy atom. The second-order valence-electron chi connectivity index (χ2n) is 4.48. The van der Waals surface area contributed by atoms with Gasteiger partial charge in [0.15, 0.2) is 0 Å². The minimum atomic E-state index is -0.538. The lowest BCUT2D eigenvalue weighted by Crippen LogP contribution is -2.44. The second-order valence-corrected chi connectivity index (χ2v) is 4.86. The molecule has 0 aromatic rings. The highest BCUT2D eigenvalue weighted by Crippen LogP contribution is 2.40. The third-order valence-electron chi connectivity index (χ3n) is 3.18. The monoisotopic (exact) mass is 230 g/mol. The molecule has 2 heterocycles. The van der Waals surface area contributed by atoms with Gasteiger partial charge in [-0.3, -0.25) is 4.79 Å². The molecule has 2 rings (SSSR count). The fourth-order valence-electron chi connectivity index (χ4n) is 2.41. The summed E-state index contributed by atoms with van der Waals surface area (Å²) in [6, 6.07) is -0.0232. The molecule has 0 saturated carbocycles. The molecule has 6 heteroatoms.